The average molecular weight is 388 g/mol. The molecule has 0 aromatic heterocycles. The Labute approximate surface area is 173 Å². The Balaban J connectivity index is 2.87. The van der Waals surface area contributed by atoms with Gasteiger partial charge in [0.25, 0.3) is 0 Å². The normalized spacial score (nSPS) is 20.5. The molecule has 0 radical (unpaired) electrons. The fourth-order valence-corrected chi connectivity index (χ4v) is 3.60. The summed E-state index contributed by atoms with van der Waals surface area (Å²) in [4.78, 5) is 9.93. The van der Waals surface area contributed by atoms with E-state index >= 15 is 0 Å². The summed E-state index contributed by atoms with van der Waals surface area (Å²) in [5.74, 6) is 0.110. The molecule has 1 aliphatic rings. The van der Waals surface area contributed by atoms with Gasteiger partial charge in [-0.25, -0.2) is 0 Å². The second-order valence-electron chi connectivity index (χ2n) is 7.95. The maximum atomic E-state index is 9.42. The zero-order chi connectivity index (χ0) is 20.8. The molecule has 1 saturated heterocycles. The summed E-state index contributed by atoms with van der Waals surface area (Å²) >= 11 is 0. The van der Waals surface area contributed by atoms with E-state index in [1.807, 2.05) is 12.2 Å². The fraction of sp³-hybridized carbons (Fsp3) is 0.696. The second kappa shape index (κ2) is 14.5. The van der Waals surface area contributed by atoms with Crippen LogP contribution in [0.5, 0.6) is 0 Å². The summed E-state index contributed by atoms with van der Waals surface area (Å²) in [6.45, 7) is 28.0. The van der Waals surface area contributed by atoms with E-state index in [4.69, 9.17) is 0 Å². The zero-order valence-electron chi connectivity index (χ0n) is 18.3. The van der Waals surface area contributed by atoms with Crippen LogP contribution in [0.2, 0.25) is 0 Å². The van der Waals surface area contributed by atoms with Crippen LogP contribution in [0.3, 0.4) is 0 Å². The summed E-state index contributed by atoms with van der Waals surface area (Å²) in [5, 5.41) is 9.42. The van der Waals surface area contributed by atoms with Gasteiger partial charge in [0, 0.05) is 78.5 Å². The van der Waals surface area contributed by atoms with Crippen molar-refractivity contribution in [2.45, 2.75) is 20.3 Å². The van der Waals surface area contributed by atoms with Crippen LogP contribution >= 0.6 is 0 Å². The predicted molar refractivity (Wildman–Crippen MR) is 120 cm³/mol. The quantitative estimate of drug-likeness (QED) is 0.569. The van der Waals surface area contributed by atoms with Gasteiger partial charge < -0.3 is 0 Å². The van der Waals surface area contributed by atoms with Crippen LogP contribution in [0.15, 0.2) is 37.5 Å². The molecular weight excluding hydrogens is 346 g/mol. The highest BCUT2D eigenvalue weighted by Gasteiger charge is 2.18. The van der Waals surface area contributed by atoms with Gasteiger partial charge in [0.05, 0.1) is 12.0 Å². The molecule has 0 aromatic rings. The smallest absolute Gasteiger partial charge is 0.0669 e. The Hall–Kier alpha value is -1.45. The lowest BCUT2D eigenvalue weighted by Crippen LogP contribution is -2.47. The first-order chi connectivity index (χ1) is 13.5. The molecule has 158 valence electrons. The Morgan fingerprint density at radius 3 is 1.68 bits per heavy atom. The van der Waals surface area contributed by atoms with Crippen LogP contribution in [-0.2, 0) is 0 Å². The first-order valence-electron chi connectivity index (χ1n) is 10.7. The number of rotatable bonds is 9. The zero-order valence-corrected chi connectivity index (χ0v) is 18.3. The van der Waals surface area contributed by atoms with Gasteiger partial charge in [0.1, 0.15) is 0 Å². The summed E-state index contributed by atoms with van der Waals surface area (Å²) < 4.78 is 0. The van der Waals surface area contributed by atoms with Crippen LogP contribution in [0.25, 0.3) is 0 Å². The van der Waals surface area contributed by atoms with E-state index in [0.29, 0.717) is 0 Å². The van der Waals surface area contributed by atoms with E-state index in [-0.39, 0.29) is 5.92 Å². The van der Waals surface area contributed by atoms with Gasteiger partial charge in [-0.15, -0.1) is 13.2 Å². The van der Waals surface area contributed by atoms with Crippen molar-refractivity contribution >= 4 is 0 Å². The minimum absolute atomic E-state index is 0.110. The molecule has 1 fully saturated rings. The van der Waals surface area contributed by atoms with Crippen molar-refractivity contribution in [3.8, 4) is 6.07 Å². The Morgan fingerprint density at radius 2 is 1.32 bits per heavy atom. The van der Waals surface area contributed by atoms with Gasteiger partial charge >= 0.3 is 0 Å². The highest BCUT2D eigenvalue weighted by atomic mass is 15.3. The number of hydrogen-bond donors (Lipinski definition) is 0. The van der Waals surface area contributed by atoms with Gasteiger partial charge in [-0.2, -0.15) is 5.26 Å². The van der Waals surface area contributed by atoms with Crippen LogP contribution in [0.4, 0.5) is 0 Å². The molecular formula is C23H41N5. The standard InChI is InChI=1S/C23H41N5/c1-6-9-25-11-12-26(10-7-2)14-16-28(21-23(8-3)19-24)18-17-27(15-13-25)20-22(4)5/h6-7,23H,1-2,4,8-18,20-21H2,3,5H3. The van der Waals surface area contributed by atoms with Crippen molar-refractivity contribution < 1.29 is 0 Å². The molecule has 28 heavy (non-hydrogen) atoms. The monoisotopic (exact) mass is 387 g/mol. The maximum absolute atomic E-state index is 9.42. The lowest BCUT2D eigenvalue weighted by Gasteiger charge is -2.34. The molecule has 1 aliphatic heterocycles. The lowest BCUT2D eigenvalue weighted by atomic mass is 10.1. The highest BCUT2D eigenvalue weighted by molar-refractivity contribution is 4.93. The molecule has 0 saturated carbocycles. The molecule has 5 nitrogen and oxygen atoms in total. The van der Waals surface area contributed by atoms with Crippen LogP contribution in [0, 0.1) is 17.2 Å². The fourth-order valence-electron chi connectivity index (χ4n) is 3.60. The third-order valence-corrected chi connectivity index (χ3v) is 5.35. The molecule has 0 spiro atoms. The third-order valence-electron chi connectivity index (χ3n) is 5.35. The van der Waals surface area contributed by atoms with Gasteiger partial charge in [0.2, 0.25) is 0 Å². The molecule has 0 N–H and O–H groups in total. The first-order valence-corrected chi connectivity index (χ1v) is 10.7. The number of nitriles is 1. The SMILES string of the molecule is C=CCN1CCN(CC=C)CCN(CC(C#N)CC)CCN(CC(=C)C)CC1. The minimum atomic E-state index is 0.110. The first kappa shape index (κ1) is 24.6. The molecule has 0 amide bonds. The highest BCUT2D eigenvalue weighted by Crippen LogP contribution is 2.07. The molecule has 1 heterocycles. The van der Waals surface area contributed by atoms with Gasteiger partial charge in [0.15, 0.2) is 0 Å². The van der Waals surface area contributed by atoms with Crippen molar-refractivity contribution in [2.75, 3.05) is 78.5 Å². The minimum Gasteiger partial charge on any atom is -0.299 e. The number of hydrogen-bond acceptors (Lipinski definition) is 5. The Morgan fingerprint density at radius 1 is 0.893 bits per heavy atom. The molecule has 0 aliphatic carbocycles. The van der Waals surface area contributed by atoms with E-state index in [2.05, 4.69) is 59.3 Å². The summed E-state index contributed by atoms with van der Waals surface area (Å²) in [6.07, 6.45) is 4.91. The van der Waals surface area contributed by atoms with Gasteiger partial charge in [-0.05, 0) is 13.3 Å². The molecule has 1 rings (SSSR count). The molecule has 0 aromatic carbocycles. The van der Waals surface area contributed by atoms with Gasteiger partial charge in [-0.3, -0.25) is 19.6 Å². The van der Waals surface area contributed by atoms with Crippen molar-refractivity contribution in [3.63, 3.8) is 0 Å². The summed E-state index contributed by atoms with van der Waals surface area (Å²) in [6, 6.07) is 2.47. The van der Waals surface area contributed by atoms with Crippen molar-refractivity contribution in [1.82, 2.24) is 19.6 Å². The maximum Gasteiger partial charge on any atom is 0.0669 e. The third kappa shape index (κ3) is 10.2. The molecule has 1 unspecified atom stereocenters. The second-order valence-corrected chi connectivity index (χ2v) is 7.95. The lowest BCUT2D eigenvalue weighted by molar-refractivity contribution is 0.141. The van der Waals surface area contributed by atoms with Crippen molar-refractivity contribution in [1.29, 1.82) is 5.26 Å². The predicted octanol–water partition coefficient (Wildman–Crippen LogP) is 2.71. The van der Waals surface area contributed by atoms with Crippen molar-refractivity contribution in [2.24, 2.45) is 5.92 Å². The Bertz CT molecular complexity index is 510. The van der Waals surface area contributed by atoms with E-state index in [0.717, 1.165) is 85.0 Å². The largest absolute Gasteiger partial charge is 0.299 e. The van der Waals surface area contributed by atoms with Gasteiger partial charge in [-0.1, -0.05) is 31.2 Å². The van der Waals surface area contributed by atoms with E-state index < -0.39 is 0 Å². The van der Waals surface area contributed by atoms with E-state index in [1.165, 1.54) is 5.57 Å². The van der Waals surface area contributed by atoms with Crippen molar-refractivity contribution in [3.05, 3.63) is 37.5 Å². The van der Waals surface area contributed by atoms with Crippen LogP contribution < -0.4 is 0 Å². The number of nitrogens with zero attached hydrogens (tertiary/aromatic N) is 5. The molecule has 0 bridgehead atoms. The van der Waals surface area contributed by atoms with Crippen LogP contribution in [0.1, 0.15) is 20.3 Å². The van der Waals surface area contributed by atoms with Crippen LogP contribution in [-0.4, -0.2) is 98.1 Å². The van der Waals surface area contributed by atoms with E-state index in [9.17, 15) is 5.26 Å². The topological polar surface area (TPSA) is 36.8 Å². The molecule has 5 heteroatoms. The van der Waals surface area contributed by atoms with E-state index in [1.54, 1.807) is 0 Å². The summed E-state index contributed by atoms with van der Waals surface area (Å²) in [7, 11) is 0. The Kier molecular flexibility index (Phi) is 12.8. The average Bonchev–Trinajstić information content (AvgIpc) is 2.67. The molecule has 1 atom stereocenters. The summed E-state index contributed by atoms with van der Waals surface area (Å²) in [5.41, 5.74) is 1.20.